The van der Waals surface area contributed by atoms with Crippen LogP contribution in [0.2, 0.25) is 10.0 Å². The Hall–Kier alpha value is -3.55. The molecule has 0 spiro atoms. The number of benzene rings is 2. The van der Waals surface area contributed by atoms with Crippen molar-refractivity contribution >= 4 is 46.3 Å². The number of rotatable bonds is 6. The number of anilines is 1. The zero-order valence-electron chi connectivity index (χ0n) is 18.3. The number of nitrogens with zero attached hydrogens (tertiary/aromatic N) is 2. The number of amides is 1. The first-order valence-corrected chi connectivity index (χ1v) is 11.1. The first-order valence-electron chi connectivity index (χ1n) is 10.4. The summed E-state index contributed by atoms with van der Waals surface area (Å²) in [6, 6.07) is 13.8. The quantitative estimate of drug-likeness (QED) is 0.277. The molecule has 0 radical (unpaired) electrons. The van der Waals surface area contributed by atoms with Gasteiger partial charge in [0.1, 0.15) is 23.3 Å². The van der Waals surface area contributed by atoms with E-state index in [0.29, 0.717) is 23.7 Å². The van der Waals surface area contributed by atoms with Crippen molar-refractivity contribution in [3.63, 3.8) is 0 Å². The third-order valence-corrected chi connectivity index (χ3v) is 5.79. The highest BCUT2D eigenvalue weighted by Crippen LogP contribution is 2.44. The highest BCUT2D eigenvalue weighted by molar-refractivity contribution is 6.51. The van der Waals surface area contributed by atoms with Gasteiger partial charge in [0.25, 0.3) is 11.7 Å². The maximum atomic E-state index is 13.3. The summed E-state index contributed by atoms with van der Waals surface area (Å²) in [5, 5.41) is 11.7. The Morgan fingerprint density at radius 3 is 2.59 bits per heavy atom. The van der Waals surface area contributed by atoms with Crippen LogP contribution < -0.4 is 14.4 Å². The van der Waals surface area contributed by atoms with Gasteiger partial charge in [-0.3, -0.25) is 19.5 Å². The van der Waals surface area contributed by atoms with Crippen molar-refractivity contribution in [2.24, 2.45) is 0 Å². The van der Waals surface area contributed by atoms with Crippen molar-refractivity contribution in [2.75, 3.05) is 18.6 Å². The molecule has 1 amide bonds. The highest BCUT2D eigenvalue weighted by atomic mass is 35.5. The van der Waals surface area contributed by atoms with Crippen LogP contribution in [0, 0.1) is 0 Å². The topological polar surface area (TPSA) is 89.0 Å². The van der Waals surface area contributed by atoms with E-state index >= 15 is 0 Å². The first-order chi connectivity index (χ1) is 16.4. The fourth-order valence-corrected chi connectivity index (χ4v) is 4.47. The number of ketones is 1. The van der Waals surface area contributed by atoms with Gasteiger partial charge in [0.05, 0.1) is 35.6 Å². The Kier molecular flexibility index (Phi) is 6.77. The summed E-state index contributed by atoms with van der Waals surface area (Å²) in [5.74, 6) is -1.53. The molecule has 1 unspecified atom stereocenters. The normalized spacial score (nSPS) is 17.2. The molecule has 2 aromatic carbocycles. The lowest BCUT2D eigenvalue weighted by molar-refractivity contribution is -0.132. The van der Waals surface area contributed by atoms with Gasteiger partial charge >= 0.3 is 0 Å². The van der Waals surface area contributed by atoms with E-state index in [-0.39, 0.29) is 26.9 Å². The standard InChI is InChI=1S/C25H20Cl2N2O5/c1-3-34-16-8-6-7-15(13-16)29-21(19-9-4-5-10-28-19)20(23(31)25(29)32)22(30)17-11-14(26)12-18(27)24(17)33-2/h4-13,21,30H,3H2,1-2H3/b22-20+. The molecular weight excluding hydrogens is 479 g/mol. The van der Waals surface area contributed by atoms with E-state index in [1.54, 1.807) is 48.7 Å². The number of ether oxygens (including phenoxy) is 2. The van der Waals surface area contributed by atoms with Gasteiger partial charge in [-0.2, -0.15) is 0 Å². The zero-order chi connectivity index (χ0) is 24.4. The lowest BCUT2D eigenvalue weighted by Gasteiger charge is -2.25. The summed E-state index contributed by atoms with van der Waals surface area (Å²) in [6.45, 7) is 2.28. The van der Waals surface area contributed by atoms with Crippen LogP contribution >= 0.6 is 23.2 Å². The van der Waals surface area contributed by atoms with Crippen LogP contribution in [0.5, 0.6) is 11.5 Å². The predicted octanol–water partition coefficient (Wildman–Crippen LogP) is 5.42. The van der Waals surface area contributed by atoms with Crippen LogP contribution in [0.3, 0.4) is 0 Å². The average Bonchev–Trinajstić information content (AvgIpc) is 3.09. The number of carbonyl (C=O) groups is 2. The van der Waals surface area contributed by atoms with Crippen LogP contribution in [0.1, 0.15) is 24.2 Å². The van der Waals surface area contributed by atoms with Gasteiger partial charge in [-0.05, 0) is 43.3 Å². The van der Waals surface area contributed by atoms with Gasteiger partial charge in [0.15, 0.2) is 0 Å². The molecule has 0 bridgehead atoms. The number of hydrogen-bond acceptors (Lipinski definition) is 6. The van der Waals surface area contributed by atoms with E-state index in [1.165, 1.54) is 24.1 Å². The molecular formula is C25H20Cl2N2O5. The lowest BCUT2D eigenvalue weighted by Crippen LogP contribution is -2.29. The predicted molar refractivity (Wildman–Crippen MR) is 130 cm³/mol. The van der Waals surface area contributed by atoms with E-state index in [9.17, 15) is 14.7 Å². The largest absolute Gasteiger partial charge is 0.507 e. The van der Waals surface area contributed by atoms with E-state index in [1.807, 2.05) is 6.92 Å². The Bertz CT molecular complexity index is 1290. The first kappa shape index (κ1) is 23.6. The second-order valence-electron chi connectivity index (χ2n) is 7.32. The number of carbonyl (C=O) groups excluding carboxylic acids is 2. The molecule has 7 nitrogen and oxygen atoms in total. The van der Waals surface area contributed by atoms with Crippen LogP contribution in [0.4, 0.5) is 5.69 Å². The number of aliphatic hydroxyl groups excluding tert-OH is 1. The molecule has 2 heterocycles. The van der Waals surface area contributed by atoms with E-state index in [4.69, 9.17) is 32.7 Å². The van der Waals surface area contributed by atoms with Crippen molar-refractivity contribution in [3.8, 4) is 11.5 Å². The maximum absolute atomic E-state index is 13.3. The minimum atomic E-state index is -1.01. The molecule has 9 heteroatoms. The number of hydrogen-bond donors (Lipinski definition) is 1. The molecule has 1 N–H and O–H groups in total. The van der Waals surface area contributed by atoms with Crippen molar-refractivity contribution in [3.05, 3.63) is 87.7 Å². The summed E-state index contributed by atoms with van der Waals surface area (Å²) in [5.41, 5.74) is 0.722. The third kappa shape index (κ3) is 4.20. The summed E-state index contributed by atoms with van der Waals surface area (Å²) in [6.07, 6.45) is 1.54. The molecule has 1 atom stereocenters. The molecule has 1 saturated heterocycles. The minimum absolute atomic E-state index is 0.0852. The molecule has 1 fully saturated rings. The molecule has 4 rings (SSSR count). The van der Waals surface area contributed by atoms with Crippen LogP contribution in [0.15, 0.2) is 66.4 Å². The highest BCUT2D eigenvalue weighted by Gasteiger charge is 2.48. The molecule has 1 aliphatic rings. The molecule has 0 aliphatic carbocycles. The van der Waals surface area contributed by atoms with Crippen LogP contribution in [-0.4, -0.2) is 35.5 Å². The number of halogens is 2. The molecule has 1 aromatic heterocycles. The zero-order valence-corrected chi connectivity index (χ0v) is 19.8. The number of Topliss-reactive ketones (excluding diaryl/α,β-unsaturated/α-hetero) is 1. The van der Waals surface area contributed by atoms with Crippen molar-refractivity contribution in [1.29, 1.82) is 0 Å². The smallest absolute Gasteiger partial charge is 0.300 e. The van der Waals surface area contributed by atoms with Crippen LogP contribution in [0.25, 0.3) is 5.76 Å². The van der Waals surface area contributed by atoms with Gasteiger partial charge in [-0.15, -0.1) is 0 Å². The van der Waals surface area contributed by atoms with Gasteiger partial charge in [-0.25, -0.2) is 0 Å². The number of aliphatic hydroxyl groups is 1. The van der Waals surface area contributed by atoms with Crippen molar-refractivity contribution in [2.45, 2.75) is 13.0 Å². The van der Waals surface area contributed by atoms with Gasteiger partial charge < -0.3 is 14.6 Å². The summed E-state index contributed by atoms with van der Waals surface area (Å²) >= 11 is 12.4. The van der Waals surface area contributed by atoms with E-state index in [2.05, 4.69) is 4.98 Å². The Balaban J connectivity index is 1.97. The minimum Gasteiger partial charge on any atom is -0.507 e. The summed E-state index contributed by atoms with van der Waals surface area (Å²) in [7, 11) is 1.37. The molecule has 174 valence electrons. The monoisotopic (exact) mass is 498 g/mol. The lowest BCUT2D eigenvalue weighted by atomic mass is 9.97. The Labute approximate surface area is 206 Å². The van der Waals surface area contributed by atoms with Gasteiger partial charge in [0.2, 0.25) is 0 Å². The second-order valence-corrected chi connectivity index (χ2v) is 8.17. The Morgan fingerprint density at radius 2 is 1.91 bits per heavy atom. The molecule has 1 aliphatic heterocycles. The average molecular weight is 499 g/mol. The Morgan fingerprint density at radius 1 is 1.12 bits per heavy atom. The van der Waals surface area contributed by atoms with Gasteiger partial charge in [0, 0.05) is 23.0 Å². The fourth-order valence-electron chi connectivity index (χ4n) is 3.89. The second kappa shape index (κ2) is 9.75. The van der Waals surface area contributed by atoms with Crippen molar-refractivity contribution in [1.82, 2.24) is 4.98 Å². The SMILES string of the molecule is CCOc1cccc(N2C(=O)C(=O)/C(=C(/O)c3cc(Cl)cc(Cl)c3OC)C2c2ccccn2)c1. The number of aromatic nitrogens is 1. The van der Waals surface area contributed by atoms with E-state index in [0.717, 1.165) is 0 Å². The molecule has 34 heavy (non-hydrogen) atoms. The van der Waals surface area contributed by atoms with Crippen molar-refractivity contribution < 1.29 is 24.2 Å². The van der Waals surface area contributed by atoms with Crippen LogP contribution in [-0.2, 0) is 9.59 Å². The fraction of sp³-hybridized carbons (Fsp3) is 0.160. The maximum Gasteiger partial charge on any atom is 0.300 e. The number of methoxy groups -OCH3 is 1. The summed E-state index contributed by atoms with van der Waals surface area (Å²) in [4.78, 5) is 32.2. The summed E-state index contributed by atoms with van der Waals surface area (Å²) < 4.78 is 10.9. The number of pyridine rings is 1. The van der Waals surface area contributed by atoms with E-state index < -0.39 is 23.5 Å². The van der Waals surface area contributed by atoms with Gasteiger partial charge in [-0.1, -0.05) is 35.3 Å². The third-order valence-electron chi connectivity index (χ3n) is 5.29. The molecule has 0 saturated carbocycles. The molecule has 3 aromatic rings.